The molecule has 0 radical (unpaired) electrons. The van der Waals surface area contributed by atoms with E-state index in [4.69, 9.17) is 0 Å². The summed E-state index contributed by atoms with van der Waals surface area (Å²) in [6, 6.07) is 7.65. The van der Waals surface area contributed by atoms with Crippen molar-refractivity contribution in [2.24, 2.45) is 0 Å². The molecule has 0 unspecified atom stereocenters. The number of alkyl halides is 7. The Morgan fingerprint density at radius 2 is 1.47 bits per heavy atom. The first-order valence-electron chi connectivity index (χ1n) is 8.42. The van der Waals surface area contributed by atoms with E-state index in [1.165, 1.54) is 30.5 Å². The number of fused-ring (bicyclic) bond motifs is 1. The number of carbonyl (C=O) groups is 1. The van der Waals surface area contributed by atoms with Crippen molar-refractivity contribution in [3.05, 3.63) is 73.9 Å². The molecule has 0 saturated heterocycles. The molecule has 0 saturated carbocycles. The smallest absolute Gasteiger partial charge is 0.435 e. The maximum absolute atomic E-state index is 14.3. The second-order valence-electron chi connectivity index (χ2n) is 6.53. The second-order valence-corrected chi connectivity index (χ2v) is 8.24. The van der Waals surface area contributed by atoms with Crippen LogP contribution < -0.4 is 10.0 Å². The first-order valence-corrected chi connectivity index (χ1v) is 10.0. The van der Waals surface area contributed by atoms with Crippen LogP contribution in [0.2, 0.25) is 0 Å². The predicted octanol–water partition coefficient (Wildman–Crippen LogP) is 6.54. The number of halogens is 9. The molecule has 0 aliphatic rings. The van der Waals surface area contributed by atoms with Crippen LogP contribution in [0.4, 0.5) is 36.4 Å². The standard InChI is InChI=1S/C19H9Br2F7N2O2/c20-12-7-11(17(22,18(23,24)25)19(26,27)28)8-13(21)15(12)29-16(31)10-3-4-14-9(6-10)2-1-5-30(14)32/h1-8H,(H,29,31). The molecule has 0 fully saturated rings. The summed E-state index contributed by atoms with van der Waals surface area (Å²) in [5.41, 5.74) is -7.25. The molecule has 170 valence electrons. The van der Waals surface area contributed by atoms with Crippen LogP contribution in [-0.4, -0.2) is 18.3 Å². The van der Waals surface area contributed by atoms with Crippen LogP contribution in [0.1, 0.15) is 15.9 Å². The number of hydrogen-bond donors (Lipinski definition) is 1. The minimum absolute atomic E-state index is 0.0528. The Bertz CT molecular complexity index is 1180. The molecular formula is C19H9Br2F7N2O2. The van der Waals surface area contributed by atoms with Crippen molar-refractivity contribution in [1.29, 1.82) is 0 Å². The molecule has 2 aromatic carbocycles. The third-order valence-corrected chi connectivity index (χ3v) is 5.73. The van der Waals surface area contributed by atoms with E-state index < -0.39 is 38.4 Å². The number of nitrogens with zero attached hydrogens (tertiary/aromatic N) is 1. The van der Waals surface area contributed by atoms with Gasteiger partial charge in [-0.15, -0.1) is 0 Å². The van der Waals surface area contributed by atoms with Crippen LogP contribution in [-0.2, 0) is 5.67 Å². The summed E-state index contributed by atoms with van der Waals surface area (Å²) in [5, 5.41) is 14.5. The van der Waals surface area contributed by atoms with Crippen molar-refractivity contribution >= 4 is 54.4 Å². The summed E-state index contributed by atoms with van der Waals surface area (Å²) in [6.45, 7) is 0. The van der Waals surface area contributed by atoms with E-state index in [2.05, 4.69) is 37.2 Å². The predicted molar refractivity (Wildman–Crippen MR) is 108 cm³/mol. The van der Waals surface area contributed by atoms with Gasteiger partial charge in [0.05, 0.1) is 5.69 Å². The fraction of sp³-hybridized carbons (Fsp3) is 0.158. The molecule has 0 atom stereocenters. The number of benzene rings is 2. The number of pyridine rings is 1. The van der Waals surface area contributed by atoms with E-state index in [0.29, 0.717) is 22.2 Å². The number of aromatic nitrogens is 1. The molecular weight excluding hydrogens is 581 g/mol. The van der Waals surface area contributed by atoms with E-state index >= 15 is 0 Å². The monoisotopic (exact) mass is 588 g/mol. The summed E-state index contributed by atoms with van der Waals surface area (Å²) < 4.78 is 92.2. The zero-order valence-corrected chi connectivity index (χ0v) is 18.5. The van der Waals surface area contributed by atoms with E-state index in [9.17, 15) is 40.7 Å². The van der Waals surface area contributed by atoms with Gasteiger partial charge < -0.3 is 10.5 Å². The van der Waals surface area contributed by atoms with Gasteiger partial charge in [-0.05, 0) is 62.2 Å². The zero-order valence-electron chi connectivity index (χ0n) is 15.3. The topological polar surface area (TPSA) is 56.0 Å². The van der Waals surface area contributed by atoms with E-state index in [1.54, 1.807) is 6.07 Å². The lowest BCUT2D eigenvalue weighted by molar-refractivity contribution is -0.577. The van der Waals surface area contributed by atoms with Crippen molar-refractivity contribution in [2.75, 3.05) is 5.32 Å². The van der Waals surface area contributed by atoms with Gasteiger partial charge in [-0.3, -0.25) is 4.79 Å². The Hall–Kier alpha value is -2.41. The normalized spacial score (nSPS) is 12.8. The molecule has 4 nitrogen and oxygen atoms in total. The van der Waals surface area contributed by atoms with Crippen LogP contribution >= 0.6 is 31.9 Å². The number of amides is 1. The number of anilines is 1. The molecule has 0 aliphatic heterocycles. The molecule has 0 spiro atoms. The lowest BCUT2D eigenvalue weighted by atomic mass is 9.94. The first-order chi connectivity index (χ1) is 14.7. The van der Waals surface area contributed by atoms with Crippen molar-refractivity contribution in [3.8, 4) is 0 Å². The van der Waals surface area contributed by atoms with E-state index in [-0.39, 0.29) is 16.8 Å². The molecule has 3 rings (SSSR count). The average Bonchev–Trinajstić information content (AvgIpc) is 2.68. The molecule has 1 amide bonds. The van der Waals surface area contributed by atoms with Gasteiger partial charge in [0.2, 0.25) is 5.52 Å². The highest BCUT2D eigenvalue weighted by Crippen LogP contribution is 2.54. The number of nitrogens with one attached hydrogen (secondary N) is 1. The highest BCUT2D eigenvalue weighted by molar-refractivity contribution is 9.11. The fourth-order valence-electron chi connectivity index (χ4n) is 2.90. The SMILES string of the molecule is O=C(Nc1c(Br)cc(C(F)(C(F)(F)F)C(F)(F)F)cc1Br)c1ccc2c(ccc[n+]2[O-])c1. The zero-order chi connectivity index (χ0) is 24.1. The van der Waals surface area contributed by atoms with Gasteiger partial charge in [-0.25, -0.2) is 4.39 Å². The second kappa shape index (κ2) is 8.18. The Labute approximate surface area is 191 Å². The van der Waals surface area contributed by atoms with Gasteiger partial charge in [-0.1, -0.05) is 0 Å². The molecule has 0 bridgehead atoms. The third-order valence-electron chi connectivity index (χ3n) is 4.48. The van der Waals surface area contributed by atoms with Crippen LogP contribution in [0, 0.1) is 5.21 Å². The summed E-state index contributed by atoms with van der Waals surface area (Å²) >= 11 is 5.57. The molecule has 32 heavy (non-hydrogen) atoms. The van der Waals surface area contributed by atoms with Crippen molar-refractivity contribution in [2.45, 2.75) is 18.0 Å². The summed E-state index contributed by atoms with van der Waals surface area (Å²) in [7, 11) is 0. The Morgan fingerprint density at radius 3 is 2.00 bits per heavy atom. The first kappa shape index (κ1) is 24.2. The molecule has 1 aromatic heterocycles. The highest BCUT2D eigenvalue weighted by atomic mass is 79.9. The van der Waals surface area contributed by atoms with Gasteiger partial charge >= 0.3 is 18.0 Å². The van der Waals surface area contributed by atoms with Crippen LogP contribution in [0.5, 0.6) is 0 Å². The molecule has 1 N–H and O–H groups in total. The lowest BCUT2D eigenvalue weighted by Gasteiger charge is -2.31. The van der Waals surface area contributed by atoms with Crippen molar-refractivity contribution < 1.29 is 40.3 Å². The molecule has 1 heterocycles. The minimum Gasteiger partial charge on any atom is -0.618 e. The number of rotatable bonds is 3. The van der Waals surface area contributed by atoms with Gasteiger partial charge in [0.1, 0.15) is 0 Å². The Kier molecular flexibility index (Phi) is 6.19. The quantitative estimate of drug-likeness (QED) is 0.214. The van der Waals surface area contributed by atoms with Gasteiger partial charge in [-0.2, -0.15) is 31.1 Å². The maximum Gasteiger partial charge on any atom is 0.435 e. The van der Waals surface area contributed by atoms with Crippen LogP contribution in [0.15, 0.2) is 57.6 Å². The highest BCUT2D eigenvalue weighted by Gasteiger charge is 2.73. The summed E-state index contributed by atoms with van der Waals surface area (Å²) in [6.07, 6.45) is -11.3. The molecule has 3 aromatic rings. The minimum atomic E-state index is -6.28. The summed E-state index contributed by atoms with van der Waals surface area (Å²) in [5.74, 6) is -0.777. The van der Waals surface area contributed by atoms with Crippen molar-refractivity contribution in [1.82, 2.24) is 0 Å². The number of hydrogen-bond acceptors (Lipinski definition) is 2. The van der Waals surface area contributed by atoms with Crippen LogP contribution in [0.25, 0.3) is 10.9 Å². The maximum atomic E-state index is 14.3. The molecule has 0 aliphatic carbocycles. The van der Waals surface area contributed by atoms with E-state index in [0.717, 1.165) is 0 Å². The average molecular weight is 590 g/mol. The van der Waals surface area contributed by atoms with E-state index in [1.807, 2.05) is 0 Å². The largest absolute Gasteiger partial charge is 0.618 e. The molecule has 13 heteroatoms. The number of carbonyl (C=O) groups excluding carboxylic acids is 1. The van der Waals surface area contributed by atoms with Crippen LogP contribution in [0.3, 0.4) is 0 Å². The lowest BCUT2D eigenvalue weighted by Crippen LogP contribution is -2.50. The third kappa shape index (κ3) is 4.15. The Balaban J connectivity index is 1.99. The van der Waals surface area contributed by atoms with Crippen molar-refractivity contribution in [3.63, 3.8) is 0 Å². The van der Waals surface area contributed by atoms with Gasteiger partial charge in [0.25, 0.3) is 5.91 Å². The fourth-order valence-corrected chi connectivity index (χ4v) is 4.29. The Morgan fingerprint density at radius 1 is 0.906 bits per heavy atom. The van der Waals surface area contributed by atoms with Gasteiger partial charge in [0, 0.05) is 37.6 Å². The van der Waals surface area contributed by atoms with Gasteiger partial charge in [0.15, 0.2) is 6.20 Å². The summed E-state index contributed by atoms with van der Waals surface area (Å²) in [4.78, 5) is 12.6.